The number of alkyl halides is 4. The maximum atomic E-state index is 12.7. The predicted octanol–water partition coefficient (Wildman–Crippen LogP) is 3.56. The Hall–Kier alpha value is 0.250. The first kappa shape index (κ1) is 11.3. The van der Waals surface area contributed by atoms with Crippen molar-refractivity contribution in [3.8, 4) is 0 Å². The van der Waals surface area contributed by atoms with Gasteiger partial charge in [-0.2, -0.15) is 8.78 Å². The fourth-order valence-corrected chi connectivity index (χ4v) is 2.53. The van der Waals surface area contributed by atoms with Gasteiger partial charge in [0, 0.05) is 17.3 Å². The van der Waals surface area contributed by atoms with Gasteiger partial charge in [-0.25, -0.2) is 9.37 Å². The molecule has 1 heterocycles. The summed E-state index contributed by atoms with van der Waals surface area (Å²) < 4.78 is 37.8. The minimum atomic E-state index is -3.45. The van der Waals surface area contributed by atoms with Crippen LogP contribution in [0, 0.1) is 0 Å². The van der Waals surface area contributed by atoms with Crippen molar-refractivity contribution in [1.29, 1.82) is 0 Å². The molecule has 13 heavy (non-hydrogen) atoms. The maximum Gasteiger partial charge on any atom is 0.332 e. The van der Waals surface area contributed by atoms with Crippen molar-refractivity contribution in [2.45, 2.75) is 15.3 Å². The molecule has 7 heteroatoms. The van der Waals surface area contributed by atoms with Crippen molar-refractivity contribution in [2.75, 3.05) is 5.75 Å². The van der Waals surface area contributed by atoms with Crippen molar-refractivity contribution < 1.29 is 13.2 Å². The third-order valence-electron chi connectivity index (χ3n) is 1.12. The molecule has 1 nitrogen and oxygen atoms in total. The number of hydrogen-bond acceptors (Lipinski definition) is 3. The number of nitrogens with zero attached hydrogens (tertiary/aromatic N) is 1. The molecule has 1 atom stereocenters. The highest BCUT2D eigenvalue weighted by molar-refractivity contribution is 9.10. The third-order valence-corrected chi connectivity index (χ3v) is 3.63. The van der Waals surface area contributed by atoms with Crippen LogP contribution in [0.2, 0.25) is 0 Å². The first-order chi connectivity index (χ1) is 6.00. The van der Waals surface area contributed by atoms with Gasteiger partial charge in [0.05, 0.1) is 0 Å². The molecule has 0 N–H and O–H groups in total. The number of rotatable bonds is 4. The zero-order valence-electron chi connectivity index (χ0n) is 6.21. The fourth-order valence-electron chi connectivity index (χ4n) is 0.521. The summed E-state index contributed by atoms with van der Waals surface area (Å²) in [5, 5.41) is 1.71. The van der Waals surface area contributed by atoms with Crippen LogP contribution in [0.5, 0.6) is 0 Å². The molecule has 0 saturated carbocycles. The SMILES string of the molecule is FC(CSc1nccs1)C(F)(F)Br. The first-order valence-electron chi connectivity index (χ1n) is 3.23. The maximum absolute atomic E-state index is 12.7. The zero-order valence-corrected chi connectivity index (χ0v) is 9.43. The Morgan fingerprint density at radius 3 is 2.85 bits per heavy atom. The normalized spacial score (nSPS) is 14.5. The highest BCUT2D eigenvalue weighted by Crippen LogP contribution is 2.32. The second-order valence-electron chi connectivity index (χ2n) is 2.12. The van der Waals surface area contributed by atoms with Crippen molar-refractivity contribution in [3.63, 3.8) is 0 Å². The topological polar surface area (TPSA) is 12.9 Å². The second kappa shape index (κ2) is 4.65. The Kier molecular flexibility index (Phi) is 4.06. The van der Waals surface area contributed by atoms with Gasteiger partial charge in [0.2, 0.25) is 0 Å². The standard InChI is InChI=1S/C6H5BrF3NS2/c7-6(9,10)4(8)3-13-5-11-1-2-12-5/h1-2,4H,3H2. The number of thiazole rings is 1. The van der Waals surface area contributed by atoms with Gasteiger partial charge < -0.3 is 0 Å². The lowest BCUT2D eigenvalue weighted by Gasteiger charge is -2.12. The largest absolute Gasteiger partial charge is 0.332 e. The van der Waals surface area contributed by atoms with Crippen molar-refractivity contribution in [1.82, 2.24) is 4.98 Å². The van der Waals surface area contributed by atoms with Gasteiger partial charge in [-0.05, 0) is 15.9 Å². The summed E-state index contributed by atoms with van der Waals surface area (Å²) in [6.07, 6.45) is -0.645. The Morgan fingerprint density at radius 2 is 2.38 bits per heavy atom. The molecule has 0 amide bonds. The minimum absolute atomic E-state index is 0.300. The van der Waals surface area contributed by atoms with Crippen LogP contribution < -0.4 is 0 Å². The van der Waals surface area contributed by atoms with Gasteiger partial charge in [0.15, 0.2) is 6.17 Å². The van der Waals surface area contributed by atoms with Crippen LogP contribution in [-0.4, -0.2) is 21.7 Å². The van der Waals surface area contributed by atoms with Crippen molar-refractivity contribution >= 4 is 39.0 Å². The van der Waals surface area contributed by atoms with Gasteiger partial charge in [0.25, 0.3) is 0 Å². The smallest absolute Gasteiger partial charge is 0.239 e. The number of thioether (sulfide) groups is 1. The van der Waals surface area contributed by atoms with E-state index < -0.39 is 11.0 Å². The zero-order chi connectivity index (χ0) is 9.90. The van der Waals surface area contributed by atoms with E-state index in [2.05, 4.69) is 4.98 Å². The second-order valence-corrected chi connectivity index (χ2v) is 5.34. The lowest BCUT2D eigenvalue weighted by Crippen LogP contribution is -2.24. The Labute approximate surface area is 89.9 Å². The lowest BCUT2D eigenvalue weighted by molar-refractivity contribution is 0.0341. The van der Waals surface area contributed by atoms with Gasteiger partial charge in [-0.1, -0.05) is 11.8 Å². The van der Waals surface area contributed by atoms with E-state index in [1.165, 1.54) is 11.3 Å². The average molecular weight is 292 g/mol. The molecule has 0 aliphatic heterocycles. The first-order valence-corrected chi connectivity index (χ1v) is 5.89. The van der Waals surface area contributed by atoms with E-state index >= 15 is 0 Å². The molecule has 0 radical (unpaired) electrons. The van der Waals surface area contributed by atoms with Crippen LogP contribution in [0.15, 0.2) is 15.9 Å². The van der Waals surface area contributed by atoms with E-state index in [1.807, 2.05) is 15.9 Å². The molecule has 1 unspecified atom stereocenters. The quantitative estimate of drug-likeness (QED) is 0.621. The molecule has 74 valence electrons. The van der Waals surface area contributed by atoms with E-state index in [0.29, 0.717) is 4.34 Å². The molecule has 0 fully saturated rings. The van der Waals surface area contributed by atoms with Crippen molar-refractivity contribution in [2.24, 2.45) is 0 Å². The number of aromatic nitrogens is 1. The highest BCUT2D eigenvalue weighted by Gasteiger charge is 2.36. The summed E-state index contributed by atoms with van der Waals surface area (Å²) in [7, 11) is 0. The van der Waals surface area contributed by atoms with Gasteiger partial charge >= 0.3 is 4.83 Å². The average Bonchev–Trinajstić information content (AvgIpc) is 2.50. The number of halogens is 4. The Balaban J connectivity index is 2.35. The molecule has 0 bridgehead atoms. The molecule has 0 saturated heterocycles. The molecule has 1 rings (SSSR count). The summed E-state index contributed by atoms with van der Waals surface area (Å²) in [5.41, 5.74) is 0. The Morgan fingerprint density at radius 1 is 1.69 bits per heavy atom. The molecule has 0 aliphatic carbocycles. The van der Waals surface area contributed by atoms with E-state index in [-0.39, 0.29) is 5.75 Å². The van der Waals surface area contributed by atoms with E-state index in [9.17, 15) is 13.2 Å². The monoisotopic (exact) mass is 291 g/mol. The third kappa shape index (κ3) is 3.86. The van der Waals surface area contributed by atoms with Gasteiger partial charge in [-0.3, -0.25) is 0 Å². The van der Waals surface area contributed by atoms with Crippen LogP contribution in [-0.2, 0) is 0 Å². The van der Waals surface area contributed by atoms with Crippen LogP contribution in [0.3, 0.4) is 0 Å². The summed E-state index contributed by atoms with van der Waals surface area (Å²) in [6.45, 7) is 0. The highest BCUT2D eigenvalue weighted by atomic mass is 79.9. The molecule has 0 spiro atoms. The van der Waals surface area contributed by atoms with E-state index in [1.54, 1.807) is 11.6 Å². The van der Waals surface area contributed by atoms with Crippen LogP contribution in [0.4, 0.5) is 13.2 Å². The molecule has 0 aliphatic rings. The lowest BCUT2D eigenvalue weighted by atomic mass is 10.5. The summed E-state index contributed by atoms with van der Waals surface area (Å²) in [4.78, 5) is 0.378. The van der Waals surface area contributed by atoms with Gasteiger partial charge in [0.1, 0.15) is 4.34 Å². The molecular formula is C6H5BrF3NS2. The van der Waals surface area contributed by atoms with Crippen LogP contribution in [0.1, 0.15) is 0 Å². The van der Waals surface area contributed by atoms with Gasteiger partial charge in [-0.15, -0.1) is 11.3 Å². The fraction of sp³-hybridized carbons (Fsp3) is 0.500. The minimum Gasteiger partial charge on any atom is -0.239 e. The van der Waals surface area contributed by atoms with Crippen LogP contribution in [0.25, 0.3) is 0 Å². The summed E-state index contributed by atoms with van der Waals surface area (Å²) in [5.74, 6) is -0.300. The summed E-state index contributed by atoms with van der Waals surface area (Å²) >= 11 is 4.25. The van der Waals surface area contributed by atoms with Crippen molar-refractivity contribution in [3.05, 3.63) is 11.6 Å². The molecule has 0 aromatic carbocycles. The van der Waals surface area contributed by atoms with E-state index in [4.69, 9.17) is 0 Å². The number of hydrogen-bond donors (Lipinski definition) is 0. The molecule has 1 aromatic rings. The predicted molar refractivity (Wildman–Crippen MR) is 51.6 cm³/mol. The Bertz CT molecular complexity index is 249. The summed E-state index contributed by atoms with van der Waals surface area (Å²) in [6, 6.07) is 0. The van der Waals surface area contributed by atoms with E-state index in [0.717, 1.165) is 11.8 Å². The molecule has 1 aromatic heterocycles. The van der Waals surface area contributed by atoms with Crippen LogP contribution >= 0.6 is 39.0 Å². The molecular weight excluding hydrogens is 287 g/mol.